The minimum absolute atomic E-state index is 0.458. The first-order valence-corrected chi connectivity index (χ1v) is 6.22. The topological polar surface area (TPSA) is 58.2 Å². The van der Waals surface area contributed by atoms with Crippen molar-refractivity contribution in [2.24, 2.45) is 0 Å². The van der Waals surface area contributed by atoms with Crippen LogP contribution in [0.15, 0.2) is 22.7 Å². The van der Waals surface area contributed by atoms with Crippen LogP contribution in [0, 0.1) is 0 Å². The second-order valence-electron chi connectivity index (χ2n) is 3.16. The standard InChI is InChI=1S/C10H9BrCl2N2O2/c1-5(12)9(16)15-10(17)14-7-4-2-3-6(13)8(7)11/h2-5H,1H3,(H2,14,15,16,17). The maximum Gasteiger partial charge on any atom is 0.325 e. The van der Waals surface area contributed by atoms with E-state index < -0.39 is 17.3 Å². The fraction of sp³-hybridized carbons (Fsp3) is 0.200. The highest BCUT2D eigenvalue weighted by Crippen LogP contribution is 2.29. The zero-order valence-electron chi connectivity index (χ0n) is 8.76. The van der Waals surface area contributed by atoms with E-state index in [0.717, 1.165) is 0 Å². The van der Waals surface area contributed by atoms with E-state index in [2.05, 4.69) is 26.6 Å². The molecule has 0 aliphatic rings. The molecule has 0 bridgehead atoms. The van der Waals surface area contributed by atoms with Crippen LogP contribution in [0.1, 0.15) is 6.92 Å². The van der Waals surface area contributed by atoms with E-state index in [4.69, 9.17) is 23.2 Å². The highest BCUT2D eigenvalue weighted by molar-refractivity contribution is 9.10. The van der Waals surface area contributed by atoms with E-state index in [0.29, 0.717) is 15.2 Å². The summed E-state index contributed by atoms with van der Waals surface area (Å²) in [5, 5.41) is 4.25. The average molecular weight is 340 g/mol. The summed E-state index contributed by atoms with van der Waals surface area (Å²) in [6.45, 7) is 1.47. The number of imide groups is 1. The molecule has 1 rings (SSSR count). The summed E-state index contributed by atoms with van der Waals surface area (Å²) < 4.78 is 0.545. The SMILES string of the molecule is CC(Cl)C(=O)NC(=O)Nc1cccc(Cl)c1Br. The van der Waals surface area contributed by atoms with Gasteiger partial charge in [-0.1, -0.05) is 17.7 Å². The van der Waals surface area contributed by atoms with Gasteiger partial charge in [0, 0.05) is 0 Å². The Hall–Kier alpha value is -0.780. The zero-order chi connectivity index (χ0) is 13.0. The smallest absolute Gasteiger partial charge is 0.306 e. The first kappa shape index (κ1) is 14.3. The number of urea groups is 1. The van der Waals surface area contributed by atoms with Crippen LogP contribution in [-0.4, -0.2) is 17.3 Å². The molecule has 0 saturated carbocycles. The van der Waals surface area contributed by atoms with E-state index in [1.807, 2.05) is 0 Å². The van der Waals surface area contributed by atoms with Gasteiger partial charge in [0.15, 0.2) is 0 Å². The molecule has 92 valence electrons. The van der Waals surface area contributed by atoms with Crippen LogP contribution in [0.25, 0.3) is 0 Å². The van der Waals surface area contributed by atoms with Crippen molar-refractivity contribution in [2.45, 2.75) is 12.3 Å². The van der Waals surface area contributed by atoms with Crippen molar-refractivity contribution in [2.75, 3.05) is 5.32 Å². The third kappa shape index (κ3) is 4.18. The number of alkyl halides is 1. The van der Waals surface area contributed by atoms with Crippen LogP contribution in [0.3, 0.4) is 0 Å². The number of rotatable bonds is 2. The van der Waals surface area contributed by atoms with E-state index in [1.165, 1.54) is 6.92 Å². The molecule has 0 spiro atoms. The second kappa shape index (κ2) is 6.23. The van der Waals surface area contributed by atoms with Crippen LogP contribution in [0.2, 0.25) is 5.02 Å². The molecule has 1 atom stereocenters. The summed E-state index contributed by atoms with van der Waals surface area (Å²) in [6.07, 6.45) is 0. The molecule has 1 unspecified atom stereocenters. The Kier molecular flexibility index (Phi) is 5.24. The maximum absolute atomic E-state index is 11.4. The van der Waals surface area contributed by atoms with E-state index in [-0.39, 0.29) is 0 Å². The van der Waals surface area contributed by atoms with E-state index in [1.54, 1.807) is 18.2 Å². The number of amides is 3. The lowest BCUT2D eigenvalue weighted by atomic mass is 10.3. The number of hydrogen-bond donors (Lipinski definition) is 2. The molecule has 17 heavy (non-hydrogen) atoms. The number of hydrogen-bond acceptors (Lipinski definition) is 2. The Morgan fingerprint density at radius 2 is 2.06 bits per heavy atom. The van der Waals surface area contributed by atoms with Crippen molar-refractivity contribution in [3.8, 4) is 0 Å². The van der Waals surface area contributed by atoms with Crippen molar-refractivity contribution in [1.29, 1.82) is 0 Å². The van der Waals surface area contributed by atoms with Gasteiger partial charge < -0.3 is 5.32 Å². The van der Waals surface area contributed by atoms with Crippen LogP contribution in [0.4, 0.5) is 10.5 Å². The number of carbonyl (C=O) groups excluding carboxylic acids is 2. The first-order valence-electron chi connectivity index (χ1n) is 4.61. The lowest BCUT2D eigenvalue weighted by Crippen LogP contribution is -2.38. The quantitative estimate of drug-likeness (QED) is 0.811. The van der Waals surface area contributed by atoms with Crippen LogP contribution in [-0.2, 0) is 4.79 Å². The van der Waals surface area contributed by atoms with Gasteiger partial charge in [0.1, 0.15) is 5.38 Å². The summed E-state index contributed by atoms with van der Waals surface area (Å²) in [4.78, 5) is 22.6. The van der Waals surface area contributed by atoms with E-state index in [9.17, 15) is 9.59 Å². The molecule has 2 N–H and O–H groups in total. The number of halogens is 3. The molecule has 0 aliphatic carbocycles. The van der Waals surface area contributed by atoms with Gasteiger partial charge in [0.05, 0.1) is 15.2 Å². The Morgan fingerprint density at radius 1 is 1.41 bits per heavy atom. The number of carbonyl (C=O) groups is 2. The molecule has 7 heteroatoms. The first-order chi connectivity index (χ1) is 7.91. The summed E-state index contributed by atoms with van der Waals surface area (Å²) in [6, 6.07) is 4.32. The fourth-order valence-corrected chi connectivity index (χ4v) is 1.56. The van der Waals surface area contributed by atoms with E-state index >= 15 is 0 Å². The Balaban J connectivity index is 2.69. The van der Waals surface area contributed by atoms with Gasteiger partial charge in [-0.3, -0.25) is 10.1 Å². The van der Waals surface area contributed by atoms with Crippen molar-refractivity contribution in [3.05, 3.63) is 27.7 Å². The summed E-state index contributed by atoms with van der Waals surface area (Å²) >= 11 is 14.6. The molecule has 1 aromatic carbocycles. The molecule has 0 aromatic heterocycles. The number of benzene rings is 1. The van der Waals surface area contributed by atoms with Gasteiger partial charge in [-0.05, 0) is 35.0 Å². The summed E-state index contributed by atoms with van der Waals surface area (Å²) in [5.74, 6) is -0.567. The lowest BCUT2D eigenvalue weighted by Gasteiger charge is -2.09. The predicted octanol–water partition coefficient (Wildman–Crippen LogP) is 3.38. The predicted molar refractivity (Wildman–Crippen MR) is 71.6 cm³/mol. The van der Waals surface area contributed by atoms with Gasteiger partial charge in [0.25, 0.3) is 0 Å². The molecule has 0 heterocycles. The van der Waals surface area contributed by atoms with Gasteiger partial charge in [-0.2, -0.15) is 0 Å². The van der Waals surface area contributed by atoms with Crippen LogP contribution in [0.5, 0.6) is 0 Å². The van der Waals surface area contributed by atoms with Crippen molar-refractivity contribution < 1.29 is 9.59 Å². The van der Waals surface area contributed by atoms with Gasteiger partial charge in [-0.25, -0.2) is 4.79 Å². The molecule has 0 fully saturated rings. The Morgan fingerprint density at radius 3 is 2.65 bits per heavy atom. The largest absolute Gasteiger partial charge is 0.325 e. The van der Waals surface area contributed by atoms with Crippen molar-refractivity contribution in [3.63, 3.8) is 0 Å². The maximum atomic E-state index is 11.4. The average Bonchev–Trinajstić information content (AvgIpc) is 2.24. The summed E-state index contributed by atoms with van der Waals surface area (Å²) in [5.41, 5.74) is 0.463. The van der Waals surface area contributed by atoms with Crippen LogP contribution >= 0.6 is 39.1 Å². The highest BCUT2D eigenvalue weighted by Gasteiger charge is 2.14. The molecule has 0 aliphatic heterocycles. The zero-order valence-corrected chi connectivity index (χ0v) is 11.9. The Labute approximate surface area is 117 Å². The third-order valence-corrected chi connectivity index (χ3v) is 3.39. The fourth-order valence-electron chi connectivity index (χ4n) is 0.965. The molecule has 3 amide bonds. The Bertz CT molecular complexity index is 452. The van der Waals surface area contributed by atoms with Gasteiger partial charge in [0.2, 0.25) is 5.91 Å². The monoisotopic (exact) mass is 338 g/mol. The molecule has 4 nitrogen and oxygen atoms in total. The minimum atomic E-state index is -0.774. The van der Waals surface area contributed by atoms with Crippen LogP contribution < -0.4 is 10.6 Å². The third-order valence-electron chi connectivity index (χ3n) is 1.80. The molecule has 0 saturated heterocycles. The number of nitrogens with one attached hydrogen (secondary N) is 2. The minimum Gasteiger partial charge on any atom is -0.306 e. The number of anilines is 1. The van der Waals surface area contributed by atoms with Gasteiger partial charge in [-0.15, -0.1) is 11.6 Å². The summed E-state index contributed by atoms with van der Waals surface area (Å²) in [7, 11) is 0. The van der Waals surface area contributed by atoms with Gasteiger partial charge >= 0.3 is 6.03 Å². The lowest BCUT2D eigenvalue weighted by molar-refractivity contribution is -0.119. The molecular formula is C10H9BrCl2N2O2. The normalized spacial score (nSPS) is 11.8. The molecule has 0 radical (unpaired) electrons. The highest BCUT2D eigenvalue weighted by atomic mass is 79.9. The molecular weight excluding hydrogens is 331 g/mol. The van der Waals surface area contributed by atoms with Crippen molar-refractivity contribution >= 4 is 56.8 Å². The second-order valence-corrected chi connectivity index (χ2v) is 5.02. The van der Waals surface area contributed by atoms with Crippen molar-refractivity contribution in [1.82, 2.24) is 5.32 Å². The molecule has 1 aromatic rings.